The number of rotatable bonds is 5. The zero-order chi connectivity index (χ0) is 19.9. The van der Waals surface area contributed by atoms with Gasteiger partial charge in [0.25, 0.3) is 5.91 Å². The maximum atomic E-state index is 13.2. The number of fused-ring (bicyclic) bond motifs is 1. The van der Waals surface area contributed by atoms with Crippen LogP contribution in [0.5, 0.6) is 0 Å². The van der Waals surface area contributed by atoms with Crippen LogP contribution in [0.3, 0.4) is 0 Å². The molecule has 2 aliphatic rings. The molecule has 2 amide bonds. The van der Waals surface area contributed by atoms with Crippen molar-refractivity contribution >= 4 is 35.0 Å². The van der Waals surface area contributed by atoms with Gasteiger partial charge in [0, 0.05) is 6.42 Å². The van der Waals surface area contributed by atoms with Gasteiger partial charge in [-0.25, -0.2) is 9.69 Å². The molecule has 0 aromatic heterocycles. The number of amides is 2. The third kappa shape index (κ3) is 3.01. The summed E-state index contributed by atoms with van der Waals surface area (Å²) in [5.41, 5.74) is -0.543. The number of Topliss-reactive ketones (excluding diaryl/α,β-unsaturated/α-hetero) is 1. The van der Waals surface area contributed by atoms with Crippen molar-refractivity contribution in [3.8, 4) is 0 Å². The maximum Gasteiger partial charge on any atom is 0.355 e. The number of anilines is 1. The lowest BCUT2D eigenvalue weighted by Gasteiger charge is -2.36. The molecule has 2 heterocycles. The fourth-order valence-corrected chi connectivity index (χ4v) is 3.72. The molecule has 27 heavy (non-hydrogen) atoms. The number of ether oxygens (including phenoxy) is 1. The van der Waals surface area contributed by atoms with E-state index < -0.39 is 35.3 Å². The first-order chi connectivity index (χ1) is 12.7. The molecule has 2 atom stereocenters. The summed E-state index contributed by atoms with van der Waals surface area (Å²) in [6.07, 6.45) is 0.112. The number of methoxy groups -OCH3 is 1. The lowest BCUT2D eigenvalue weighted by atomic mass is 9.92. The van der Waals surface area contributed by atoms with E-state index in [1.54, 1.807) is 44.2 Å². The van der Waals surface area contributed by atoms with Gasteiger partial charge in [0.1, 0.15) is 17.7 Å². The summed E-state index contributed by atoms with van der Waals surface area (Å²) in [4.78, 5) is 51.2. The normalized spacial score (nSPS) is 22.0. The quantitative estimate of drug-likeness (QED) is 0.569. The molecule has 0 radical (unpaired) electrons. The van der Waals surface area contributed by atoms with E-state index in [2.05, 4.69) is 5.10 Å². The highest BCUT2D eigenvalue weighted by Crippen LogP contribution is 2.39. The van der Waals surface area contributed by atoms with Crippen molar-refractivity contribution in [3.05, 3.63) is 30.3 Å². The minimum absolute atomic E-state index is 0.0880. The van der Waals surface area contributed by atoms with Gasteiger partial charge in [-0.1, -0.05) is 18.2 Å². The van der Waals surface area contributed by atoms with Gasteiger partial charge in [-0.3, -0.25) is 19.4 Å². The van der Waals surface area contributed by atoms with Crippen molar-refractivity contribution in [2.75, 3.05) is 12.0 Å². The first-order valence-corrected chi connectivity index (χ1v) is 8.57. The number of hydrogen-bond donors (Lipinski definition) is 0. The van der Waals surface area contributed by atoms with Crippen molar-refractivity contribution in [1.29, 1.82) is 0 Å². The van der Waals surface area contributed by atoms with E-state index in [1.807, 2.05) is 0 Å². The highest BCUT2D eigenvalue weighted by Gasteiger charge is 2.60. The van der Waals surface area contributed by atoms with Gasteiger partial charge in [-0.05, 0) is 32.9 Å². The number of benzene rings is 1. The predicted molar refractivity (Wildman–Crippen MR) is 96.9 cm³/mol. The van der Waals surface area contributed by atoms with Gasteiger partial charge in [0.15, 0.2) is 5.71 Å². The Bertz CT molecular complexity index is 846. The fourth-order valence-electron chi connectivity index (χ4n) is 3.72. The molecule has 2 aliphatic heterocycles. The lowest BCUT2D eigenvalue weighted by molar-refractivity contribution is -0.133. The minimum Gasteiger partial charge on any atom is -0.464 e. The second-order valence-corrected chi connectivity index (χ2v) is 7.28. The second kappa shape index (κ2) is 6.61. The van der Waals surface area contributed by atoms with Crippen LogP contribution in [0.15, 0.2) is 35.4 Å². The minimum atomic E-state index is -1.06. The molecule has 0 aliphatic carbocycles. The van der Waals surface area contributed by atoms with Gasteiger partial charge < -0.3 is 4.74 Å². The first kappa shape index (κ1) is 18.8. The molecule has 0 saturated carbocycles. The number of carbonyl (C=O) groups excluding carboxylic acids is 4. The van der Waals surface area contributed by atoms with Crippen molar-refractivity contribution in [2.24, 2.45) is 11.0 Å². The Morgan fingerprint density at radius 3 is 2.33 bits per heavy atom. The number of hydrogen-bond acceptors (Lipinski definition) is 7. The summed E-state index contributed by atoms with van der Waals surface area (Å²) in [6.45, 7) is 4.94. The van der Waals surface area contributed by atoms with Crippen LogP contribution in [-0.2, 0) is 23.9 Å². The number of hydrazone groups is 1. The van der Waals surface area contributed by atoms with E-state index in [1.165, 1.54) is 19.0 Å². The monoisotopic (exact) mass is 371 g/mol. The molecular weight excluding hydrogens is 350 g/mol. The van der Waals surface area contributed by atoms with Crippen LogP contribution in [0.1, 0.15) is 27.2 Å². The highest BCUT2D eigenvalue weighted by molar-refractivity contribution is 6.46. The van der Waals surface area contributed by atoms with E-state index in [-0.39, 0.29) is 17.9 Å². The maximum absolute atomic E-state index is 13.2. The van der Waals surface area contributed by atoms with Crippen molar-refractivity contribution in [3.63, 3.8) is 0 Å². The van der Waals surface area contributed by atoms with Gasteiger partial charge in [-0.2, -0.15) is 5.10 Å². The number of para-hydroxylation sites is 1. The van der Waals surface area contributed by atoms with Gasteiger partial charge in [0.2, 0.25) is 5.91 Å². The van der Waals surface area contributed by atoms with E-state index in [0.717, 1.165) is 4.90 Å². The standard InChI is InChI=1S/C19H21N3O5/c1-11(23)10-19(2,3)22-15-13(14(20-22)18(26)27-4)16(24)21(17(15)25)12-8-6-5-7-9-12/h5-9,13,15H,10H2,1-4H3/t13-,15-/m0/s1. The number of imide groups is 1. The zero-order valence-corrected chi connectivity index (χ0v) is 15.6. The summed E-state index contributed by atoms with van der Waals surface area (Å²) in [7, 11) is 1.19. The van der Waals surface area contributed by atoms with Gasteiger partial charge in [0.05, 0.1) is 18.3 Å². The predicted octanol–water partition coefficient (Wildman–Crippen LogP) is 1.15. The highest BCUT2D eigenvalue weighted by atomic mass is 16.5. The first-order valence-electron chi connectivity index (χ1n) is 8.57. The largest absolute Gasteiger partial charge is 0.464 e. The van der Waals surface area contributed by atoms with E-state index in [0.29, 0.717) is 5.69 Å². The average molecular weight is 371 g/mol. The topological polar surface area (TPSA) is 96.3 Å². The Morgan fingerprint density at radius 2 is 1.78 bits per heavy atom. The van der Waals surface area contributed by atoms with Crippen LogP contribution in [0.25, 0.3) is 0 Å². The van der Waals surface area contributed by atoms with Crippen molar-refractivity contribution in [2.45, 2.75) is 38.8 Å². The number of carbonyl (C=O) groups is 4. The Balaban J connectivity index is 2.07. The van der Waals surface area contributed by atoms with Crippen LogP contribution in [0.2, 0.25) is 0 Å². The molecule has 1 aromatic carbocycles. The molecule has 1 saturated heterocycles. The van der Waals surface area contributed by atoms with E-state index in [4.69, 9.17) is 4.74 Å². The van der Waals surface area contributed by atoms with Gasteiger partial charge >= 0.3 is 5.97 Å². The van der Waals surface area contributed by atoms with Crippen LogP contribution >= 0.6 is 0 Å². The summed E-state index contributed by atoms with van der Waals surface area (Å²) < 4.78 is 4.76. The van der Waals surface area contributed by atoms with Crippen LogP contribution in [0, 0.1) is 5.92 Å². The van der Waals surface area contributed by atoms with Crippen LogP contribution in [0.4, 0.5) is 5.69 Å². The number of esters is 1. The molecule has 0 bridgehead atoms. The third-order valence-electron chi connectivity index (χ3n) is 4.76. The Hall–Kier alpha value is -3.03. The fraction of sp³-hybridized carbons (Fsp3) is 0.421. The van der Waals surface area contributed by atoms with Gasteiger partial charge in [-0.15, -0.1) is 0 Å². The average Bonchev–Trinajstić information content (AvgIpc) is 3.12. The lowest BCUT2D eigenvalue weighted by Crippen LogP contribution is -2.50. The third-order valence-corrected chi connectivity index (χ3v) is 4.76. The molecule has 1 aromatic rings. The summed E-state index contributed by atoms with van der Waals surface area (Å²) in [5, 5.41) is 5.66. The molecular formula is C19H21N3O5. The van der Waals surface area contributed by atoms with E-state index in [9.17, 15) is 19.2 Å². The molecule has 8 heteroatoms. The Morgan fingerprint density at radius 1 is 1.15 bits per heavy atom. The van der Waals surface area contributed by atoms with Crippen LogP contribution in [-0.4, -0.2) is 53.0 Å². The van der Waals surface area contributed by atoms with Crippen molar-refractivity contribution in [1.82, 2.24) is 5.01 Å². The molecule has 8 nitrogen and oxygen atoms in total. The summed E-state index contributed by atoms with van der Waals surface area (Å²) in [6, 6.07) is 7.53. The Labute approximate surface area is 156 Å². The molecule has 142 valence electrons. The SMILES string of the molecule is COC(=O)C1=NN(C(C)(C)CC(C)=O)[C@@H]2C(=O)N(c3ccccc3)C(=O)[C@@H]12. The number of nitrogens with zero attached hydrogens (tertiary/aromatic N) is 3. The Kier molecular flexibility index (Phi) is 4.59. The molecule has 0 spiro atoms. The molecule has 3 rings (SSSR count). The zero-order valence-electron chi connectivity index (χ0n) is 15.6. The summed E-state index contributed by atoms with van der Waals surface area (Å²) >= 11 is 0. The molecule has 1 fully saturated rings. The molecule has 0 N–H and O–H groups in total. The smallest absolute Gasteiger partial charge is 0.355 e. The van der Waals surface area contributed by atoms with Crippen LogP contribution < -0.4 is 4.90 Å². The molecule has 0 unspecified atom stereocenters. The number of ketones is 1. The summed E-state index contributed by atoms with van der Waals surface area (Å²) in [5.74, 6) is -2.91. The van der Waals surface area contributed by atoms with E-state index >= 15 is 0 Å². The second-order valence-electron chi connectivity index (χ2n) is 7.28. The van der Waals surface area contributed by atoms with Crippen molar-refractivity contribution < 1.29 is 23.9 Å².